The number of imidazole rings is 1. The number of H-pyrrole nitrogens is 3. The second-order valence-electron chi connectivity index (χ2n) is 17.9. The van der Waals surface area contributed by atoms with Crippen molar-refractivity contribution in [2.24, 2.45) is 27.8 Å². The first kappa shape index (κ1) is 50.5. The van der Waals surface area contributed by atoms with Gasteiger partial charge in [-0.15, -0.1) is 0 Å². The third-order valence-corrected chi connectivity index (χ3v) is 11.1. The van der Waals surface area contributed by atoms with Crippen LogP contribution in [0.25, 0.3) is 21.8 Å². The quantitative estimate of drug-likeness (QED) is 0.0253. The maximum atomic E-state index is 14.4. The van der Waals surface area contributed by atoms with Crippen LogP contribution in [0.3, 0.4) is 0 Å². The highest BCUT2D eigenvalue weighted by atomic mass is 16.2. The number of aromatic nitrogens is 4. The van der Waals surface area contributed by atoms with Gasteiger partial charge in [-0.2, -0.15) is 0 Å². The van der Waals surface area contributed by atoms with Crippen LogP contribution >= 0.6 is 0 Å². The van der Waals surface area contributed by atoms with Gasteiger partial charge in [-0.3, -0.25) is 38.6 Å². The number of carbonyl (C=O) groups is 7. The third-order valence-electron chi connectivity index (χ3n) is 11.1. The summed E-state index contributed by atoms with van der Waals surface area (Å²) in [4.78, 5) is 113. The maximum absolute atomic E-state index is 14.4. The Morgan fingerprint density at radius 2 is 1.22 bits per heavy atom. The molecule has 3 aromatic heterocycles. The fourth-order valence-corrected chi connectivity index (χ4v) is 7.64. The van der Waals surface area contributed by atoms with Crippen LogP contribution in [0.15, 0.2) is 78.4 Å². The summed E-state index contributed by atoms with van der Waals surface area (Å²) in [6.45, 7) is 9.77. The molecule has 0 radical (unpaired) electrons. The topological polar surface area (TPSA) is 316 Å². The van der Waals surface area contributed by atoms with Crippen molar-refractivity contribution >= 4 is 69.0 Å². The molecule has 3 heterocycles. The molecule has 0 unspecified atom stereocenters. The average Bonchev–Trinajstić information content (AvgIpc) is 4.05. The van der Waals surface area contributed by atoms with Crippen molar-refractivity contribution in [3.8, 4) is 0 Å². The summed E-state index contributed by atoms with van der Waals surface area (Å²) in [5, 5.41) is 18.0. The number of nitrogens with one attached hydrogen (secondary N) is 9. The van der Waals surface area contributed by atoms with Gasteiger partial charge in [0.25, 0.3) is 0 Å². The number of guanidine groups is 1. The first-order valence-electron chi connectivity index (χ1n) is 22.2. The van der Waals surface area contributed by atoms with Gasteiger partial charge < -0.3 is 58.3 Å². The van der Waals surface area contributed by atoms with Gasteiger partial charge in [0, 0.05) is 84.2 Å². The zero-order valence-corrected chi connectivity index (χ0v) is 38.7. The molecule has 5 rings (SSSR count). The maximum Gasteiger partial charge on any atom is 0.243 e. The summed E-state index contributed by atoms with van der Waals surface area (Å²) in [5.41, 5.74) is 13.9. The number of hydrogen-bond acceptors (Lipinski definition) is 9. The molecule has 5 atom stereocenters. The Hall–Kier alpha value is -7.51. The van der Waals surface area contributed by atoms with E-state index in [0.29, 0.717) is 11.3 Å². The summed E-state index contributed by atoms with van der Waals surface area (Å²) in [5.74, 6) is -4.49. The van der Waals surface area contributed by atoms with Crippen molar-refractivity contribution in [1.82, 2.24) is 51.8 Å². The van der Waals surface area contributed by atoms with E-state index >= 15 is 0 Å². The van der Waals surface area contributed by atoms with Gasteiger partial charge in [-0.25, -0.2) is 4.98 Å². The largest absolute Gasteiger partial charge is 0.370 e. The molecule has 0 saturated heterocycles. The predicted molar refractivity (Wildman–Crippen MR) is 254 cm³/mol. The van der Waals surface area contributed by atoms with Gasteiger partial charge in [0.15, 0.2) is 11.7 Å². The molecule has 0 aliphatic carbocycles. The lowest BCUT2D eigenvalue weighted by Gasteiger charge is -2.30. The molecule has 2 aromatic carbocycles. The van der Waals surface area contributed by atoms with Crippen LogP contribution in [-0.4, -0.2) is 110 Å². The fraction of sp³-hybridized carbons (Fsp3) is 0.426. The zero-order valence-electron chi connectivity index (χ0n) is 38.7. The highest BCUT2D eigenvalue weighted by Gasteiger charge is 2.35. The van der Waals surface area contributed by atoms with Crippen LogP contribution in [-0.2, 0) is 52.8 Å². The Balaban J connectivity index is 1.36. The molecule has 0 bridgehead atoms. The molecule has 0 aliphatic rings. The van der Waals surface area contributed by atoms with Gasteiger partial charge in [0.1, 0.15) is 24.2 Å². The Bertz CT molecular complexity index is 2550. The lowest BCUT2D eigenvalue weighted by Crippen LogP contribution is -2.58. The number of nitrogens with two attached hydrogens (primary N) is 2. The molecule has 358 valence electrons. The van der Waals surface area contributed by atoms with E-state index in [1.165, 1.54) is 19.4 Å². The zero-order chi connectivity index (χ0) is 48.8. The van der Waals surface area contributed by atoms with Crippen LogP contribution in [0.5, 0.6) is 0 Å². The number of hydrogen-bond donors (Lipinski definition) is 11. The third kappa shape index (κ3) is 14.5. The highest BCUT2D eigenvalue weighted by Crippen LogP contribution is 2.23. The number of aromatic amines is 3. The molecule has 13 N–H and O–H groups in total. The second-order valence-corrected chi connectivity index (χ2v) is 17.9. The average molecular weight is 922 g/mol. The Labute approximate surface area is 388 Å². The van der Waals surface area contributed by atoms with Crippen molar-refractivity contribution in [2.75, 3.05) is 13.1 Å². The fourth-order valence-electron chi connectivity index (χ4n) is 7.64. The SMILES string of the molecule is CC(=O)N[C@@H](Cc1cnc[nH]1)C(=O)N[C@@H](Cc1c[nH]c2ccccc12)C(=O)N[C@@H](CCCN=C(N)N)C(=O)NCC(=O)N[C@@H](Cc1c[nH]c2ccccc12)C(=O)N[C@H](C(=O)C(C)(C)C)C(C)C. The number of fused-ring (bicyclic) bond motifs is 2. The lowest BCUT2D eigenvalue weighted by molar-refractivity contribution is -0.135. The van der Waals surface area contributed by atoms with Crippen LogP contribution < -0.4 is 43.4 Å². The number of aliphatic imine (C=N–C) groups is 1. The summed E-state index contributed by atoms with van der Waals surface area (Å²) >= 11 is 0. The first-order valence-corrected chi connectivity index (χ1v) is 22.2. The molecule has 20 nitrogen and oxygen atoms in total. The van der Waals surface area contributed by atoms with Crippen molar-refractivity contribution in [3.05, 3.63) is 90.3 Å². The van der Waals surface area contributed by atoms with Crippen LogP contribution in [0.2, 0.25) is 0 Å². The van der Waals surface area contributed by atoms with E-state index in [1.54, 1.807) is 33.2 Å². The van der Waals surface area contributed by atoms with Gasteiger partial charge in [0.2, 0.25) is 35.4 Å². The number of amides is 6. The van der Waals surface area contributed by atoms with E-state index in [1.807, 2.05) is 62.4 Å². The Kier molecular flexibility index (Phi) is 17.4. The van der Waals surface area contributed by atoms with E-state index in [0.717, 1.165) is 27.4 Å². The second kappa shape index (κ2) is 23.1. The van der Waals surface area contributed by atoms with Gasteiger partial charge in [-0.1, -0.05) is 71.0 Å². The normalized spacial score (nSPS) is 13.7. The Morgan fingerprint density at radius 3 is 1.75 bits per heavy atom. The van der Waals surface area contributed by atoms with Crippen molar-refractivity contribution in [2.45, 2.75) is 104 Å². The highest BCUT2D eigenvalue weighted by molar-refractivity contribution is 5.98. The van der Waals surface area contributed by atoms with E-state index < -0.39 is 77.6 Å². The number of para-hydroxylation sites is 2. The van der Waals surface area contributed by atoms with Crippen molar-refractivity contribution in [3.63, 3.8) is 0 Å². The molecule has 20 heteroatoms. The van der Waals surface area contributed by atoms with Crippen LogP contribution in [0, 0.1) is 11.3 Å². The number of nitrogens with zero attached hydrogens (tertiary/aromatic N) is 2. The predicted octanol–water partition coefficient (Wildman–Crippen LogP) is 1.29. The van der Waals surface area contributed by atoms with E-state index in [4.69, 9.17) is 11.5 Å². The van der Waals surface area contributed by atoms with Crippen LogP contribution in [0.4, 0.5) is 0 Å². The van der Waals surface area contributed by atoms with Gasteiger partial charge in [0.05, 0.1) is 18.9 Å². The van der Waals surface area contributed by atoms with Crippen molar-refractivity contribution < 1.29 is 33.6 Å². The molecule has 6 amide bonds. The van der Waals surface area contributed by atoms with E-state index in [2.05, 4.69) is 56.8 Å². The monoisotopic (exact) mass is 921 g/mol. The number of ketones is 1. The van der Waals surface area contributed by atoms with E-state index in [9.17, 15) is 33.6 Å². The lowest BCUT2D eigenvalue weighted by atomic mass is 9.82. The summed E-state index contributed by atoms with van der Waals surface area (Å²) in [7, 11) is 0. The number of rotatable bonds is 23. The van der Waals surface area contributed by atoms with Crippen LogP contribution in [0.1, 0.15) is 71.2 Å². The first-order chi connectivity index (χ1) is 31.8. The molecule has 0 spiro atoms. The molecule has 0 saturated carbocycles. The molecular weight excluding hydrogens is 859 g/mol. The minimum absolute atomic E-state index is 0.0118. The summed E-state index contributed by atoms with van der Waals surface area (Å²) < 4.78 is 0. The van der Waals surface area contributed by atoms with Gasteiger partial charge in [-0.05, 0) is 42.0 Å². The standard InChI is InChI=1S/C47H63N13O7/c1-26(2)40(41(63)47(4,5)6)60-45(67)36(18-28-21-52-33-14-9-7-12-31(28)33)57-39(62)24-54-42(64)35(16-11-17-51-46(48)49)58-43(65)37(19-29-22-53-34-15-10-8-13-32(29)34)59-44(66)38(56-27(3)61)20-30-23-50-25-55-30/h7-10,12-15,21-23,25-26,35-38,40,52-53H,11,16-20,24H2,1-6H3,(H,50,55)(H,54,64)(H,56,61)(H,57,62)(H,58,65)(H,59,66)(H,60,67)(H4,48,49,51)/t35-,36-,37-,38-,40-/m0/s1. The number of benzene rings is 2. The summed E-state index contributed by atoms with van der Waals surface area (Å²) in [6, 6.07) is 9.32. The molecule has 0 aliphatic heterocycles. The minimum Gasteiger partial charge on any atom is -0.370 e. The molecule has 5 aromatic rings. The van der Waals surface area contributed by atoms with Gasteiger partial charge >= 0.3 is 0 Å². The molecule has 67 heavy (non-hydrogen) atoms. The van der Waals surface area contributed by atoms with Crippen molar-refractivity contribution in [1.29, 1.82) is 0 Å². The smallest absolute Gasteiger partial charge is 0.243 e. The molecule has 0 fully saturated rings. The number of carbonyl (C=O) groups excluding carboxylic acids is 7. The molecular formula is C47H63N13O7. The Morgan fingerprint density at radius 1 is 0.687 bits per heavy atom. The summed E-state index contributed by atoms with van der Waals surface area (Å²) in [6.07, 6.45) is 6.77. The number of Topliss-reactive ketones (excluding diaryl/α,β-unsaturated/α-hetero) is 1. The minimum atomic E-state index is -1.26. The van der Waals surface area contributed by atoms with E-state index in [-0.39, 0.29) is 56.3 Å².